The number of hydrogen-bond donors (Lipinski definition) is 2. The average Bonchev–Trinajstić information content (AvgIpc) is 2.98. The van der Waals surface area contributed by atoms with Crippen LogP contribution in [0.25, 0.3) is 10.8 Å². The number of aliphatic hydroxyl groups is 1. The molecule has 0 heterocycles. The second-order valence-corrected chi connectivity index (χ2v) is 6.60. The number of aliphatic hydroxyl groups excluding tert-OH is 1. The van der Waals surface area contributed by atoms with Gasteiger partial charge in [-0.15, -0.1) is 0 Å². The van der Waals surface area contributed by atoms with E-state index < -0.39 is 0 Å². The van der Waals surface area contributed by atoms with E-state index in [4.69, 9.17) is 0 Å². The van der Waals surface area contributed by atoms with Crippen LogP contribution in [-0.2, 0) is 11.2 Å². The SMILES string of the molecule is O=C(CCCc1ccc2ccccc2c1)NCC1CCCC1O. The fourth-order valence-corrected chi connectivity index (χ4v) is 3.44. The van der Waals surface area contributed by atoms with Crippen molar-refractivity contribution in [2.75, 3.05) is 6.54 Å². The Morgan fingerprint density at radius 2 is 1.96 bits per heavy atom. The van der Waals surface area contributed by atoms with E-state index in [-0.39, 0.29) is 17.9 Å². The maximum atomic E-state index is 11.9. The number of carbonyl (C=O) groups is 1. The third kappa shape index (κ3) is 4.32. The molecule has 0 radical (unpaired) electrons. The molecule has 0 bridgehead atoms. The van der Waals surface area contributed by atoms with Crippen molar-refractivity contribution in [2.24, 2.45) is 5.92 Å². The van der Waals surface area contributed by atoms with Gasteiger partial charge in [-0.3, -0.25) is 4.79 Å². The van der Waals surface area contributed by atoms with Gasteiger partial charge in [0.1, 0.15) is 0 Å². The van der Waals surface area contributed by atoms with Crippen LogP contribution in [0.4, 0.5) is 0 Å². The average molecular weight is 311 g/mol. The van der Waals surface area contributed by atoms with Crippen molar-refractivity contribution in [3.63, 3.8) is 0 Å². The molecule has 23 heavy (non-hydrogen) atoms. The van der Waals surface area contributed by atoms with E-state index >= 15 is 0 Å². The summed E-state index contributed by atoms with van der Waals surface area (Å²) >= 11 is 0. The van der Waals surface area contributed by atoms with Crippen LogP contribution in [0.5, 0.6) is 0 Å². The molecule has 2 N–H and O–H groups in total. The number of rotatable bonds is 6. The Morgan fingerprint density at radius 1 is 1.13 bits per heavy atom. The van der Waals surface area contributed by atoms with E-state index in [0.717, 1.165) is 32.1 Å². The predicted octanol–water partition coefficient (Wildman–Crippen LogP) is 3.44. The molecule has 0 saturated heterocycles. The van der Waals surface area contributed by atoms with Crippen LogP contribution in [0.2, 0.25) is 0 Å². The quantitative estimate of drug-likeness (QED) is 0.858. The van der Waals surface area contributed by atoms with Crippen LogP contribution < -0.4 is 5.32 Å². The maximum absolute atomic E-state index is 11.9. The van der Waals surface area contributed by atoms with Gasteiger partial charge in [-0.2, -0.15) is 0 Å². The minimum Gasteiger partial charge on any atom is -0.393 e. The van der Waals surface area contributed by atoms with Gasteiger partial charge in [-0.1, -0.05) is 48.9 Å². The van der Waals surface area contributed by atoms with Gasteiger partial charge in [0, 0.05) is 18.9 Å². The van der Waals surface area contributed by atoms with Crippen molar-refractivity contribution >= 4 is 16.7 Å². The summed E-state index contributed by atoms with van der Waals surface area (Å²) in [6.45, 7) is 0.621. The van der Waals surface area contributed by atoms with E-state index in [0.29, 0.717) is 13.0 Å². The lowest BCUT2D eigenvalue weighted by atomic mass is 10.0. The number of carbonyl (C=O) groups excluding carboxylic acids is 1. The first kappa shape index (κ1) is 16.0. The molecular formula is C20H25NO2. The van der Waals surface area contributed by atoms with Crippen LogP contribution in [0.1, 0.15) is 37.7 Å². The van der Waals surface area contributed by atoms with Gasteiger partial charge < -0.3 is 10.4 Å². The zero-order valence-corrected chi connectivity index (χ0v) is 13.5. The normalized spacial score (nSPS) is 20.7. The summed E-state index contributed by atoms with van der Waals surface area (Å²) in [4.78, 5) is 11.9. The molecule has 0 aromatic heterocycles. The molecular weight excluding hydrogens is 286 g/mol. The van der Waals surface area contributed by atoms with Crippen molar-refractivity contribution in [1.82, 2.24) is 5.32 Å². The zero-order valence-electron chi connectivity index (χ0n) is 13.5. The van der Waals surface area contributed by atoms with Crippen LogP contribution in [0, 0.1) is 5.92 Å². The van der Waals surface area contributed by atoms with Gasteiger partial charge >= 0.3 is 0 Å². The molecule has 2 unspecified atom stereocenters. The fraction of sp³-hybridized carbons (Fsp3) is 0.450. The molecule has 1 amide bonds. The highest BCUT2D eigenvalue weighted by Gasteiger charge is 2.25. The Morgan fingerprint density at radius 3 is 2.74 bits per heavy atom. The highest BCUT2D eigenvalue weighted by atomic mass is 16.3. The summed E-state index contributed by atoms with van der Waals surface area (Å²) in [6, 6.07) is 14.8. The Bertz CT molecular complexity index is 667. The second kappa shape index (κ2) is 7.60. The summed E-state index contributed by atoms with van der Waals surface area (Å²) < 4.78 is 0. The van der Waals surface area contributed by atoms with Crippen LogP contribution >= 0.6 is 0 Å². The molecule has 1 fully saturated rings. The molecule has 1 aliphatic carbocycles. The summed E-state index contributed by atoms with van der Waals surface area (Å²) in [5.74, 6) is 0.351. The molecule has 2 aromatic carbocycles. The van der Waals surface area contributed by atoms with Crippen molar-refractivity contribution in [3.05, 3.63) is 48.0 Å². The van der Waals surface area contributed by atoms with Gasteiger partial charge in [-0.25, -0.2) is 0 Å². The lowest BCUT2D eigenvalue weighted by Crippen LogP contribution is -2.32. The summed E-state index contributed by atoms with van der Waals surface area (Å²) in [5.41, 5.74) is 1.28. The Balaban J connectivity index is 1.42. The van der Waals surface area contributed by atoms with Gasteiger partial charge in [0.2, 0.25) is 5.91 Å². The summed E-state index contributed by atoms with van der Waals surface area (Å²) in [7, 11) is 0. The number of benzene rings is 2. The van der Waals surface area contributed by atoms with Crippen LogP contribution in [-0.4, -0.2) is 23.7 Å². The van der Waals surface area contributed by atoms with Gasteiger partial charge in [0.25, 0.3) is 0 Å². The highest BCUT2D eigenvalue weighted by molar-refractivity contribution is 5.83. The smallest absolute Gasteiger partial charge is 0.220 e. The lowest BCUT2D eigenvalue weighted by Gasteiger charge is -2.15. The Kier molecular flexibility index (Phi) is 5.29. The molecule has 122 valence electrons. The van der Waals surface area contributed by atoms with E-state index in [1.807, 2.05) is 6.07 Å². The van der Waals surface area contributed by atoms with E-state index in [1.165, 1.54) is 16.3 Å². The molecule has 3 nitrogen and oxygen atoms in total. The third-order valence-electron chi connectivity index (χ3n) is 4.86. The third-order valence-corrected chi connectivity index (χ3v) is 4.86. The Labute approximate surface area is 137 Å². The standard InChI is InChI=1S/C20H25NO2/c22-19-9-4-8-18(19)14-21-20(23)10-3-5-15-11-12-16-6-1-2-7-17(16)13-15/h1-2,6-7,11-13,18-19,22H,3-5,8-10,14H2,(H,21,23). The molecule has 3 heteroatoms. The van der Waals surface area contributed by atoms with Crippen molar-refractivity contribution < 1.29 is 9.90 Å². The second-order valence-electron chi connectivity index (χ2n) is 6.60. The van der Waals surface area contributed by atoms with Gasteiger partial charge in [0.05, 0.1) is 6.10 Å². The molecule has 2 aromatic rings. The molecule has 0 spiro atoms. The number of nitrogens with one attached hydrogen (secondary N) is 1. The van der Waals surface area contributed by atoms with Crippen molar-refractivity contribution in [3.8, 4) is 0 Å². The zero-order chi connectivity index (χ0) is 16.1. The highest BCUT2D eigenvalue weighted by Crippen LogP contribution is 2.24. The minimum atomic E-state index is -0.229. The summed E-state index contributed by atoms with van der Waals surface area (Å²) in [5, 5.41) is 15.2. The van der Waals surface area contributed by atoms with Crippen LogP contribution in [0.15, 0.2) is 42.5 Å². The van der Waals surface area contributed by atoms with E-state index in [2.05, 4.69) is 41.7 Å². The number of hydrogen-bond acceptors (Lipinski definition) is 2. The first-order valence-electron chi connectivity index (χ1n) is 8.65. The summed E-state index contributed by atoms with van der Waals surface area (Å²) in [6.07, 6.45) is 5.08. The Hall–Kier alpha value is -1.87. The van der Waals surface area contributed by atoms with Crippen LogP contribution in [0.3, 0.4) is 0 Å². The predicted molar refractivity (Wildman–Crippen MR) is 93.2 cm³/mol. The molecule has 1 aliphatic rings. The number of fused-ring (bicyclic) bond motifs is 1. The largest absolute Gasteiger partial charge is 0.393 e. The molecule has 1 saturated carbocycles. The fourth-order valence-electron chi connectivity index (χ4n) is 3.44. The van der Waals surface area contributed by atoms with Gasteiger partial charge in [0.15, 0.2) is 0 Å². The maximum Gasteiger partial charge on any atom is 0.220 e. The molecule has 2 atom stereocenters. The molecule has 3 rings (SSSR count). The first-order valence-corrected chi connectivity index (χ1v) is 8.65. The van der Waals surface area contributed by atoms with E-state index in [9.17, 15) is 9.90 Å². The van der Waals surface area contributed by atoms with E-state index in [1.54, 1.807) is 0 Å². The molecule has 0 aliphatic heterocycles. The number of amides is 1. The van der Waals surface area contributed by atoms with Crippen molar-refractivity contribution in [1.29, 1.82) is 0 Å². The van der Waals surface area contributed by atoms with Crippen molar-refractivity contribution in [2.45, 2.75) is 44.6 Å². The number of aryl methyl sites for hydroxylation is 1. The minimum absolute atomic E-state index is 0.102. The first-order chi connectivity index (χ1) is 11.2. The monoisotopic (exact) mass is 311 g/mol. The topological polar surface area (TPSA) is 49.3 Å². The lowest BCUT2D eigenvalue weighted by molar-refractivity contribution is -0.121. The van der Waals surface area contributed by atoms with Gasteiger partial charge in [-0.05, 0) is 42.0 Å².